The molecule has 2 N–H and O–H groups in total. The molecule has 1 aromatic rings. The second kappa shape index (κ2) is 7.33. The van der Waals surface area contributed by atoms with E-state index in [0.29, 0.717) is 0 Å². The Kier molecular flexibility index (Phi) is 5.63. The first kappa shape index (κ1) is 18.4. The predicted molar refractivity (Wildman–Crippen MR) is 79.9 cm³/mol. The first-order chi connectivity index (χ1) is 11.2. The number of benzene rings is 1. The van der Waals surface area contributed by atoms with E-state index in [1.54, 1.807) is 0 Å². The number of carbonyl (C=O) groups is 1. The van der Waals surface area contributed by atoms with Crippen molar-refractivity contribution in [3.05, 3.63) is 41.5 Å². The number of likely N-dealkylation sites (N-methyl/N-ethyl adjacent to an activating group) is 1. The first-order valence-electron chi connectivity index (χ1n) is 7.26. The van der Waals surface area contributed by atoms with E-state index in [9.17, 15) is 28.2 Å². The Morgan fingerprint density at radius 2 is 2.04 bits per heavy atom. The third-order valence-electron chi connectivity index (χ3n) is 3.84. The Morgan fingerprint density at radius 3 is 2.71 bits per heavy atom. The standard InChI is InChI=1S/C16H18F3NO4/c1-20(12-8-24-9-13(21)15(12)23)14(22)6-5-10-3-2-4-11(7-10)16(17,18)19/h2-7,12-13,15,21,23H,8-9H2,1H3/b6-5+/t12-,13-,15+/m1/s1. The van der Waals surface area contributed by atoms with Gasteiger partial charge in [-0.1, -0.05) is 12.1 Å². The Bertz CT molecular complexity index is 618. The summed E-state index contributed by atoms with van der Waals surface area (Å²) in [6.45, 7) is 0.0532. The van der Waals surface area contributed by atoms with Crippen molar-refractivity contribution in [1.29, 1.82) is 0 Å². The van der Waals surface area contributed by atoms with Crippen molar-refractivity contribution >= 4 is 12.0 Å². The fraction of sp³-hybridized carbons (Fsp3) is 0.438. The van der Waals surface area contributed by atoms with E-state index in [1.165, 1.54) is 30.2 Å². The van der Waals surface area contributed by atoms with E-state index in [0.717, 1.165) is 18.2 Å². The van der Waals surface area contributed by atoms with E-state index >= 15 is 0 Å². The lowest BCUT2D eigenvalue weighted by atomic mass is 10.0. The van der Waals surface area contributed by atoms with Gasteiger partial charge in [0.25, 0.3) is 0 Å². The monoisotopic (exact) mass is 345 g/mol. The fourth-order valence-corrected chi connectivity index (χ4v) is 2.37. The quantitative estimate of drug-likeness (QED) is 0.810. The molecule has 5 nitrogen and oxygen atoms in total. The molecule has 0 aromatic heterocycles. The lowest BCUT2D eigenvalue weighted by molar-refractivity contribution is -0.149. The lowest BCUT2D eigenvalue weighted by Gasteiger charge is -2.37. The molecule has 0 radical (unpaired) electrons. The molecule has 1 heterocycles. The van der Waals surface area contributed by atoms with Gasteiger partial charge in [-0.15, -0.1) is 0 Å². The second-order valence-electron chi connectivity index (χ2n) is 5.57. The summed E-state index contributed by atoms with van der Waals surface area (Å²) >= 11 is 0. The molecule has 1 aliphatic rings. The molecular weight excluding hydrogens is 327 g/mol. The van der Waals surface area contributed by atoms with Crippen LogP contribution in [0, 0.1) is 0 Å². The zero-order valence-electron chi connectivity index (χ0n) is 12.9. The molecule has 8 heteroatoms. The summed E-state index contributed by atoms with van der Waals surface area (Å²) in [6.07, 6.45) is -4.31. The molecule has 132 valence electrons. The van der Waals surface area contributed by atoms with Crippen molar-refractivity contribution in [1.82, 2.24) is 4.90 Å². The molecule has 1 amide bonds. The average Bonchev–Trinajstić information content (AvgIpc) is 2.54. The maximum atomic E-state index is 12.7. The third-order valence-corrected chi connectivity index (χ3v) is 3.84. The first-order valence-corrected chi connectivity index (χ1v) is 7.26. The average molecular weight is 345 g/mol. The number of nitrogens with zero attached hydrogens (tertiary/aromatic N) is 1. The number of aliphatic hydroxyl groups is 2. The highest BCUT2D eigenvalue weighted by atomic mass is 19.4. The number of ether oxygens (including phenoxy) is 1. The minimum atomic E-state index is -4.45. The van der Waals surface area contributed by atoms with Gasteiger partial charge in [0.15, 0.2) is 0 Å². The molecule has 0 unspecified atom stereocenters. The normalized spacial score (nSPS) is 25.0. The summed E-state index contributed by atoms with van der Waals surface area (Å²) in [4.78, 5) is 13.3. The maximum Gasteiger partial charge on any atom is 0.416 e. The summed E-state index contributed by atoms with van der Waals surface area (Å²) in [5.74, 6) is -0.519. The number of alkyl halides is 3. The van der Waals surface area contributed by atoms with Crippen LogP contribution in [0.1, 0.15) is 11.1 Å². The van der Waals surface area contributed by atoms with E-state index in [2.05, 4.69) is 0 Å². The predicted octanol–water partition coefficient (Wildman–Crippen LogP) is 1.30. The molecule has 1 saturated heterocycles. The molecule has 0 aliphatic carbocycles. The van der Waals surface area contributed by atoms with Crippen LogP contribution in [0.5, 0.6) is 0 Å². The second-order valence-corrected chi connectivity index (χ2v) is 5.57. The minimum absolute atomic E-state index is 0.0141. The Labute approximate surface area is 137 Å². The van der Waals surface area contributed by atoms with Gasteiger partial charge in [-0.3, -0.25) is 4.79 Å². The largest absolute Gasteiger partial charge is 0.416 e. The van der Waals surface area contributed by atoms with Gasteiger partial charge < -0.3 is 19.8 Å². The zero-order chi connectivity index (χ0) is 17.9. The van der Waals surface area contributed by atoms with E-state index < -0.39 is 35.9 Å². The number of halogens is 3. The van der Waals surface area contributed by atoms with Gasteiger partial charge >= 0.3 is 6.18 Å². The van der Waals surface area contributed by atoms with Crippen LogP contribution in [0.4, 0.5) is 13.2 Å². The Balaban J connectivity index is 2.07. The summed E-state index contributed by atoms with van der Waals surface area (Å²) < 4.78 is 43.1. The highest BCUT2D eigenvalue weighted by Gasteiger charge is 2.35. The third kappa shape index (κ3) is 4.34. The van der Waals surface area contributed by atoms with Crippen LogP contribution in [0.3, 0.4) is 0 Å². The van der Waals surface area contributed by atoms with Gasteiger partial charge in [-0.2, -0.15) is 13.2 Å². The van der Waals surface area contributed by atoms with Crippen LogP contribution in [-0.2, 0) is 15.7 Å². The molecule has 0 saturated carbocycles. The van der Waals surface area contributed by atoms with Crippen molar-refractivity contribution in [2.45, 2.75) is 24.4 Å². The summed E-state index contributed by atoms with van der Waals surface area (Å²) in [5, 5.41) is 19.5. The number of carbonyl (C=O) groups excluding carboxylic acids is 1. The van der Waals surface area contributed by atoms with Crippen LogP contribution < -0.4 is 0 Å². The van der Waals surface area contributed by atoms with Crippen molar-refractivity contribution in [3.63, 3.8) is 0 Å². The van der Waals surface area contributed by atoms with Gasteiger partial charge in [-0.25, -0.2) is 0 Å². The van der Waals surface area contributed by atoms with Crippen LogP contribution in [0.25, 0.3) is 6.08 Å². The van der Waals surface area contributed by atoms with Crippen molar-refractivity contribution in [3.8, 4) is 0 Å². The topological polar surface area (TPSA) is 70.0 Å². The Hall–Kier alpha value is -1.90. The molecule has 0 spiro atoms. The maximum absolute atomic E-state index is 12.7. The van der Waals surface area contributed by atoms with Crippen LogP contribution >= 0.6 is 0 Å². The molecule has 1 aromatic carbocycles. The molecule has 2 rings (SSSR count). The number of hydrogen-bond acceptors (Lipinski definition) is 4. The summed E-state index contributed by atoms with van der Waals surface area (Å²) in [5.41, 5.74) is -0.572. The van der Waals surface area contributed by atoms with Crippen LogP contribution in [-0.4, -0.2) is 59.5 Å². The smallest absolute Gasteiger partial charge is 0.388 e. The van der Waals surface area contributed by atoms with E-state index in [-0.39, 0.29) is 18.8 Å². The van der Waals surface area contributed by atoms with Crippen molar-refractivity contribution in [2.75, 3.05) is 20.3 Å². The number of hydrogen-bond donors (Lipinski definition) is 2. The Morgan fingerprint density at radius 1 is 1.33 bits per heavy atom. The molecule has 1 fully saturated rings. The highest BCUT2D eigenvalue weighted by Crippen LogP contribution is 2.29. The summed E-state index contributed by atoms with van der Waals surface area (Å²) in [7, 11) is 1.42. The highest BCUT2D eigenvalue weighted by molar-refractivity contribution is 5.91. The van der Waals surface area contributed by atoms with E-state index in [4.69, 9.17) is 4.74 Å². The van der Waals surface area contributed by atoms with Crippen LogP contribution in [0.2, 0.25) is 0 Å². The zero-order valence-corrected chi connectivity index (χ0v) is 12.9. The van der Waals surface area contributed by atoms with Gasteiger partial charge in [0.05, 0.1) is 24.8 Å². The van der Waals surface area contributed by atoms with Crippen molar-refractivity contribution in [2.24, 2.45) is 0 Å². The van der Waals surface area contributed by atoms with Gasteiger partial charge in [0.2, 0.25) is 5.91 Å². The molecule has 3 atom stereocenters. The lowest BCUT2D eigenvalue weighted by Crippen LogP contribution is -2.56. The SMILES string of the molecule is CN(C(=O)/C=C/c1cccc(C(F)(F)F)c1)[C@@H]1COC[C@@H](O)[C@H]1O. The number of rotatable bonds is 3. The van der Waals surface area contributed by atoms with Gasteiger partial charge in [0, 0.05) is 13.1 Å². The van der Waals surface area contributed by atoms with Crippen molar-refractivity contribution < 1.29 is 32.9 Å². The van der Waals surface area contributed by atoms with Gasteiger partial charge in [-0.05, 0) is 23.8 Å². The molecule has 24 heavy (non-hydrogen) atoms. The molecular formula is C16H18F3NO4. The van der Waals surface area contributed by atoms with Crippen LogP contribution in [0.15, 0.2) is 30.3 Å². The molecule has 0 bridgehead atoms. The molecule has 1 aliphatic heterocycles. The summed E-state index contributed by atoms with van der Waals surface area (Å²) in [6, 6.07) is 3.86. The minimum Gasteiger partial charge on any atom is -0.388 e. The fourth-order valence-electron chi connectivity index (χ4n) is 2.37. The number of amides is 1. The van der Waals surface area contributed by atoms with E-state index in [1.807, 2.05) is 0 Å². The number of aliphatic hydroxyl groups excluding tert-OH is 2. The van der Waals surface area contributed by atoms with Gasteiger partial charge in [0.1, 0.15) is 12.2 Å².